The van der Waals surface area contributed by atoms with Crippen molar-refractivity contribution in [3.63, 3.8) is 0 Å². The lowest BCUT2D eigenvalue weighted by Gasteiger charge is -2.06. The Balaban J connectivity index is 2.36. The quantitative estimate of drug-likeness (QED) is 0.506. The average Bonchev–Trinajstić information content (AvgIpc) is 2.27. The molecule has 0 radical (unpaired) electrons. The molecule has 1 rings (SSSR count). The van der Waals surface area contributed by atoms with E-state index in [1.807, 2.05) is 0 Å². The van der Waals surface area contributed by atoms with Crippen molar-refractivity contribution < 1.29 is 9.53 Å². The molecule has 96 valence electrons. The third-order valence-corrected chi connectivity index (χ3v) is 1.87. The summed E-state index contributed by atoms with van der Waals surface area (Å²) in [6.07, 6.45) is 2.04. The van der Waals surface area contributed by atoms with E-state index in [4.69, 9.17) is 5.26 Å². The highest BCUT2D eigenvalue weighted by molar-refractivity contribution is 5.87. The molecule has 8 nitrogen and oxygen atoms in total. The number of urea groups is 1. The van der Waals surface area contributed by atoms with Gasteiger partial charge in [0.25, 0.3) is 11.8 Å². The number of anilines is 1. The zero-order valence-electron chi connectivity index (χ0n) is 9.82. The number of nitriles is 1. The number of rotatable bonds is 5. The molecule has 1 aromatic heterocycles. The van der Waals surface area contributed by atoms with Gasteiger partial charge in [-0.2, -0.15) is 5.26 Å². The van der Waals surface area contributed by atoms with Crippen LogP contribution in [0.15, 0.2) is 10.9 Å². The van der Waals surface area contributed by atoms with Gasteiger partial charge in [0.1, 0.15) is 6.61 Å². The Kier molecular flexibility index (Phi) is 5.18. The number of amides is 2. The van der Waals surface area contributed by atoms with E-state index >= 15 is 0 Å². The smallest absolute Gasteiger partial charge is 0.321 e. The van der Waals surface area contributed by atoms with Crippen molar-refractivity contribution >= 4 is 12.0 Å². The highest BCUT2D eigenvalue weighted by atomic mass is 16.5. The summed E-state index contributed by atoms with van der Waals surface area (Å²) in [6.45, 7) is 2.25. The Labute approximate surface area is 103 Å². The van der Waals surface area contributed by atoms with Crippen molar-refractivity contribution in [1.82, 2.24) is 15.3 Å². The number of H-pyrrole nitrogens is 1. The average molecular weight is 251 g/mol. The first-order chi connectivity index (χ1) is 8.61. The first-order valence-corrected chi connectivity index (χ1v) is 5.25. The number of hydrogen-bond acceptors (Lipinski definition) is 5. The number of hydrogen-bond donors (Lipinski definition) is 3. The molecule has 0 fully saturated rings. The molecule has 0 unspecified atom stereocenters. The molecule has 0 saturated heterocycles. The van der Waals surface area contributed by atoms with E-state index in [2.05, 4.69) is 25.3 Å². The lowest BCUT2D eigenvalue weighted by molar-refractivity contribution is 0.245. The number of ether oxygens (including phenoxy) is 1. The summed E-state index contributed by atoms with van der Waals surface area (Å²) >= 11 is 0. The van der Waals surface area contributed by atoms with Gasteiger partial charge in [0.2, 0.25) is 5.95 Å². The number of aromatic amines is 1. The van der Waals surface area contributed by atoms with E-state index in [9.17, 15) is 9.59 Å². The van der Waals surface area contributed by atoms with E-state index in [1.54, 1.807) is 6.92 Å². The molecule has 0 aliphatic carbocycles. The number of carbonyl (C=O) groups excluding carboxylic acids is 1. The summed E-state index contributed by atoms with van der Waals surface area (Å²) < 4.78 is 4.44. The first-order valence-electron chi connectivity index (χ1n) is 5.25. The molecule has 0 spiro atoms. The van der Waals surface area contributed by atoms with E-state index in [0.29, 0.717) is 18.7 Å². The molecule has 0 bridgehead atoms. The van der Waals surface area contributed by atoms with Crippen LogP contribution >= 0.6 is 0 Å². The summed E-state index contributed by atoms with van der Waals surface area (Å²) in [4.78, 5) is 28.8. The maximum atomic E-state index is 11.4. The first kappa shape index (κ1) is 13.5. The van der Waals surface area contributed by atoms with E-state index in [0.717, 1.165) is 0 Å². The predicted octanol–water partition coefficient (Wildman–Crippen LogP) is 0.0876. The molecule has 8 heteroatoms. The van der Waals surface area contributed by atoms with Crippen LogP contribution in [0, 0.1) is 18.4 Å². The maximum absolute atomic E-state index is 11.4. The number of nitrogens with one attached hydrogen (secondary N) is 3. The second-order valence-corrected chi connectivity index (χ2v) is 3.41. The lowest BCUT2D eigenvalue weighted by Crippen LogP contribution is -2.31. The number of carbonyl (C=O) groups is 1. The van der Waals surface area contributed by atoms with Crippen LogP contribution in [-0.2, 0) is 4.74 Å². The van der Waals surface area contributed by atoms with Crippen molar-refractivity contribution in [3.8, 4) is 6.26 Å². The molecule has 1 aromatic rings. The number of nitrogens with zero attached hydrogens (tertiary/aromatic N) is 2. The van der Waals surface area contributed by atoms with Gasteiger partial charge < -0.3 is 10.1 Å². The Morgan fingerprint density at radius 3 is 3.11 bits per heavy atom. The molecule has 3 N–H and O–H groups in total. The van der Waals surface area contributed by atoms with Crippen LogP contribution in [0.2, 0.25) is 0 Å². The molecule has 0 aliphatic rings. The fraction of sp³-hybridized carbons (Fsp3) is 0.400. The van der Waals surface area contributed by atoms with Gasteiger partial charge in [-0.05, 0) is 13.3 Å². The van der Waals surface area contributed by atoms with Crippen molar-refractivity contribution in [1.29, 1.82) is 5.26 Å². The second kappa shape index (κ2) is 6.90. The fourth-order valence-corrected chi connectivity index (χ4v) is 1.18. The predicted molar refractivity (Wildman–Crippen MR) is 62.8 cm³/mol. The zero-order valence-corrected chi connectivity index (χ0v) is 9.82. The summed E-state index contributed by atoms with van der Waals surface area (Å²) in [6, 6.07) is 0.836. The van der Waals surface area contributed by atoms with Crippen LogP contribution in [-0.4, -0.2) is 29.2 Å². The normalized spacial score (nSPS) is 9.33. The highest BCUT2D eigenvalue weighted by Crippen LogP contribution is 1.94. The minimum Gasteiger partial charge on any atom is -0.427 e. The molecule has 0 aromatic carbocycles. The second-order valence-electron chi connectivity index (χ2n) is 3.41. The van der Waals surface area contributed by atoms with Crippen LogP contribution in [0.5, 0.6) is 0 Å². The van der Waals surface area contributed by atoms with Gasteiger partial charge in [-0.15, -0.1) is 0 Å². The molecule has 1 heterocycles. The van der Waals surface area contributed by atoms with Gasteiger partial charge in [-0.1, -0.05) is 0 Å². The minimum atomic E-state index is -0.485. The van der Waals surface area contributed by atoms with Crippen molar-refractivity contribution in [2.45, 2.75) is 13.3 Å². The Bertz CT molecular complexity index is 505. The van der Waals surface area contributed by atoms with Crippen LogP contribution in [0.25, 0.3) is 0 Å². The Morgan fingerprint density at radius 2 is 2.44 bits per heavy atom. The minimum absolute atomic E-state index is 0.0887. The van der Waals surface area contributed by atoms with Gasteiger partial charge in [-0.3, -0.25) is 15.1 Å². The fourth-order valence-electron chi connectivity index (χ4n) is 1.18. The molecule has 2 amide bonds. The van der Waals surface area contributed by atoms with Gasteiger partial charge >= 0.3 is 6.03 Å². The van der Waals surface area contributed by atoms with E-state index in [1.165, 1.54) is 12.3 Å². The van der Waals surface area contributed by atoms with Crippen molar-refractivity contribution in [3.05, 3.63) is 22.1 Å². The van der Waals surface area contributed by atoms with Gasteiger partial charge in [0.15, 0.2) is 0 Å². The van der Waals surface area contributed by atoms with Crippen molar-refractivity contribution in [2.24, 2.45) is 0 Å². The summed E-state index contributed by atoms with van der Waals surface area (Å²) in [7, 11) is 0. The van der Waals surface area contributed by atoms with Crippen LogP contribution in [0.3, 0.4) is 0 Å². The molecule has 0 atom stereocenters. The molecule has 18 heavy (non-hydrogen) atoms. The summed E-state index contributed by atoms with van der Waals surface area (Å²) in [5, 5.41) is 13.0. The Hall–Kier alpha value is -2.56. The molecular formula is C10H13N5O3. The molecular weight excluding hydrogens is 238 g/mol. The largest absolute Gasteiger partial charge is 0.427 e. The van der Waals surface area contributed by atoms with Gasteiger partial charge in [-0.25, -0.2) is 9.78 Å². The topological polar surface area (TPSA) is 120 Å². The third-order valence-electron chi connectivity index (χ3n) is 1.87. The maximum Gasteiger partial charge on any atom is 0.321 e. The van der Waals surface area contributed by atoms with Gasteiger partial charge in [0.05, 0.1) is 0 Å². The zero-order chi connectivity index (χ0) is 13.4. The third kappa shape index (κ3) is 4.98. The Morgan fingerprint density at radius 1 is 1.67 bits per heavy atom. The number of aryl methyl sites for hydroxylation is 1. The summed E-state index contributed by atoms with van der Waals surface area (Å²) in [5.74, 6) is 0.0887. The SMILES string of the molecule is Cc1cc(=O)[nH]c(NC(=O)NCCCOC#N)n1. The van der Waals surface area contributed by atoms with E-state index in [-0.39, 0.29) is 18.1 Å². The van der Waals surface area contributed by atoms with Crippen LogP contribution < -0.4 is 16.2 Å². The standard InChI is InChI=1S/C10H13N5O3/c1-7-5-8(16)14-9(13-7)15-10(17)12-3-2-4-18-6-11/h5H,2-4H2,1H3,(H3,12,13,14,15,16,17). The van der Waals surface area contributed by atoms with Crippen molar-refractivity contribution in [2.75, 3.05) is 18.5 Å². The number of aromatic nitrogens is 2. The highest BCUT2D eigenvalue weighted by Gasteiger charge is 2.03. The van der Waals surface area contributed by atoms with Gasteiger partial charge in [0, 0.05) is 18.3 Å². The summed E-state index contributed by atoms with van der Waals surface area (Å²) in [5.41, 5.74) is 0.177. The van der Waals surface area contributed by atoms with Crippen LogP contribution in [0.1, 0.15) is 12.1 Å². The molecule has 0 saturated carbocycles. The monoisotopic (exact) mass is 251 g/mol. The van der Waals surface area contributed by atoms with Crippen LogP contribution in [0.4, 0.5) is 10.7 Å². The van der Waals surface area contributed by atoms with E-state index < -0.39 is 6.03 Å². The lowest BCUT2D eigenvalue weighted by atomic mass is 10.4. The molecule has 0 aliphatic heterocycles.